The second kappa shape index (κ2) is 7.10. The van der Waals surface area contributed by atoms with Gasteiger partial charge in [-0.05, 0) is 40.3 Å². The lowest BCUT2D eigenvalue weighted by Gasteiger charge is -2.36. The molecule has 0 spiro atoms. The molecule has 0 bridgehead atoms. The van der Waals surface area contributed by atoms with Gasteiger partial charge in [0.05, 0.1) is 0 Å². The van der Waals surface area contributed by atoms with E-state index >= 15 is 0 Å². The van der Waals surface area contributed by atoms with Crippen LogP contribution in [0, 0.1) is 3.57 Å². The van der Waals surface area contributed by atoms with Crippen LogP contribution in [0.4, 0.5) is 13.2 Å². The molecule has 0 radical (unpaired) electrons. The first-order chi connectivity index (χ1) is 8.48. The number of benzene rings is 1. The van der Waals surface area contributed by atoms with Crippen LogP contribution in [0.3, 0.4) is 0 Å². The summed E-state index contributed by atoms with van der Waals surface area (Å²) in [6, 6.07) is 5.16. The second-order valence-electron chi connectivity index (χ2n) is 4.29. The Bertz CT molecular complexity index is 408. The summed E-state index contributed by atoms with van der Waals surface area (Å²) in [6.45, 7) is 2.07. The minimum absolute atomic E-state index is 0. The molecule has 1 fully saturated rings. The number of hydrogen-bond acceptors (Lipinski definition) is 2. The highest BCUT2D eigenvalue weighted by Gasteiger charge is 2.44. The molecule has 1 atom stereocenters. The smallest absolute Gasteiger partial charge is 0.314 e. The van der Waals surface area contributed by atoms with Crippen molar-refractivity contribution in [3.05, 3.63) is 33.4 Å². The fourth-order valence-corrected chi connectivity index (χ4v) is 2.79. The van der Waals surface area contributed by atoms with E-state index in [-0.39, 0.29) is 12.4 Å². The number of nitrogens with zero attached hydrogens (tertiary/aromatic N) is 1. The van der Waals surface area contributed by atoms with Gasteiger partial charge < -0.3 is 5.32 Å². The summed E-state index contributed by atoms with van der Waals surface area (Å²) in [5, 5.41) is 3.07. The van der Waals surface area contributed by atoms with E-state index < -0.39 is 12.2 Å². The first kappa shape index (κ1) is 17.0. The molecule has 0 aliphatic carbocycles. The van der Waals surface area contributed by atoms with Crippen LogP contribution in [0.25, 0.3) is 0 Å². The highest BCUT2D eigenvalue weighted by Crippen LogP contribution is 2.38. The van der Waals surface area contributed by atoms with Crippen LogP contribution in [0.15, 0.2) is 24.3 Å². The van der Waals surface area contributed by atoms with Gasteiger partial charge in [0.2, 0.25) is 0 Å². The van der Waals surface area contributed by atoms with E-state index in [0.717, 1.165) is 3.57 Å². The van der Waals surface area contributed by atoms with Crippen LogP contribution in [0.5, 0.6) is 0 Å². The molecule has 2 nitrogen and oxygen atoms in total. The molecule has 1 aromatic carbocycles. The monoisotopic (exact) mass is 406 g/mol. The number of nitrogens with one attached hydrogen (secondary N) is 1. The molecule has 0 aromatic heterocycles. The van der Waals surface area contributed by atoms with E-state index in [4.69, 9.17) is 0 Å². The van der Waals surface area contributed by atoms with Crippen molar-refractivity contribution >= 4 is 35.0 Å². The van der Waals surface area contributed by atoms with Crippen molar-refractivity contribution in [2.24, 2.45) is 0 Å². The van der Waals surface area contributed by atoms with Crippen LogP contribution >= 0.6 is 35.0 Å². The Morgan fingerprint density at radius 1 is 1.21 bits per heavy atom. The molecular weight excluding hydrogens is 391 g/mol. The molecule has 1 aliphatic heterocycles. The first-order valence-electron chi connectivity index (χ1n) is 5.75. The Kier molecular flexibility index (Phi) is 6.35. The van der Waals surface area contributed by atoms with Gasteiger partial charge in [-0.15, -0.1) is 12.4 Å². The van der Waals surface area contributed by atoms with E-state index in [9.17, 15) is 13.2 Å². The number of piperazine rings is 1. The molecule has 1 aromatic rings. The van der Waals surface area contributed by atoms with Crippen LogP contribution in [-0.2, 0) is 0 Å². The zero-order chi connectivity index (χ0) is 13.2. The molecule has 108 valence electrons. The summed E-state index contributed by atoms with van der Waals surface area (Å²) in [5.74, 6) is 0. The Morgan fingerprint density at radius 3 is 2.37 bits per heavy atom. The van der Waals surface area contributed by atoms with Crippen LogP contribution in [0.2, 0.25) is 0 Å². The lowest BCUT2D eigenvalue weighted by molar-refractivity contribution is -0.187. The fourth-order valence-electron chi connectivity index (χ4n) is 2.22. The zero-order valence-electron chi connectivity index (χ0n) is 10.1. The standard InChI is InChI=1S/C12H14F3IN2.ClH/c13-12(14,15)11(18-6-4-17-5-7-18)9-2-1-3-10(16)8-9;/h1-3,8,11,17H,4-7H2;1H/t11-;/m1./s1. The van der Waals surface area contributed by atoms with Crippen LogP contribution in [-0.4, -0.2) is 37.3 Å². The van der Waals surface area contributed by atoms with E-state index in [1.807, 2.05) is 22.6 Å². The van der Waals surface area contributed by atoms with Gasteiger partial charge in [-0.25, -0.2) is 0 Å². The van der Waals surface area contributed by atoms with Gasteiger partial charge >= 0.3 is 6.18 Å². The number of rotatable bonds is 2. The van der Waals surface area contributed by atoms with Crippen molar-refractivity contribution in [1.82, 2.24) is 10.2 Å². The van der Waals surface area contributed by atoms with Gasteiger partial charge in [0.15, 0.2) is 0 Å². The highest BCUT2D eigenvalue weighted by molar-refractivity contribution is 14.1. The predicted octanol–water partition coefficient (Wildman–Crippen LogP) is 3.22. The average molecular weight is 407 g/mol. The maximum absolute atomic E-state index is 13.3. The lowest BCUT2D eigenvalue weighted by atomic mass is 10.0. The highest BCUT2D eigenvalue weighted by atomic mass is 127. The van der Waals surface area contributed by atoms with Gasteiger partial charge in [0.25, 0.3) is 0 Å². The molecule has 0 amide bonds. The van der Waals surface area contributed by atoms with Crippen molar-refractivity contribution in [3.8, 4) is 0 Å². The Labute approximate surface area is 130 Å². The number of alkyl halides is 3. The molecule has 1 heterocycles. The quantitative estimate of drug-likeness (QED) is 0.759. The summed E-state index contributed by atoms with van der Waals surface area (Å²) in [5.41, 5.74) is 0.330. The average Bonchev–Trinajstić information content (AvgIpc) is 2.28. The summed E-state index contributed by atoms with van der Waals surface area (Å²) >= 11 is 2.04. The zero-order valence-corrected chi connectivity index (χ0v) is 13.1. The Hall–Kier alpha value is -0.0500. The van der Waals surface area contributed by atoms with Gasteiger partial charge in [-0.3, -0.25) is 4.90 Å². The number of hydrogen-bond donors (Lipinski definition) is 1. The molecule has 0 unspecified atom stereocenters. The molecular formula is C12H15ClF3IN2. The van der Waals surface area contributed by atoms with Gasteiger partial charge in [-0.1, -0.05) is 12.1 Å². The summed E-state index contributed by atoms with van der Waals surface area (Å²) < 4.78 is 40.6. The van der Waals surface area contributed by atoms with Gasteiger partial charge in [0.1, 0.15) is 6.04 Å². The van der Waals surface area contributed by atoms with Gasteiger partial charge in [-0.2, -0.15) is 13.2 Å². The van der Waals surface area contributed by atoms with E-state index in [2.05, 4.69) is 5.32 Å². The van der Waals surface area contributed by atoms with Crippen molar-refractivity contribution < 1.29 is 13.2 Å². The predicted molar refractivity (Wildman–Crippen MR) is 79.6 cm³/mol. The van der Waals surface area contributed by atoms with E-state index in [1.54, 1.807) is 24.3 Å². The number of halogens is 5. The first-order valence-corrected chi connectivity index (χ1v) is 6.83. The molecule has 7 heteroatoms. The molecule has 1 saturated heterocycles. The summed E-state index contributed by atoms with van der Waals surface area (Å²) in [4.78, 5) is 1.50. The van der Waals surface area contributed by atoms with E-state index in [1.165, 1.54) is 4.90 Å². The third kappa shape index (κ3) is 4.47. The molecule has 1 N–H and O–H groups in total. The van der Waals surface area contributed by atoms with Crippen molar-refractivity contribution in [1.29, 1.82) is 0 Å². The fraction of sp³-hybridized carbons (Fsp3) is 0.500. The molecule has 19 heavy (non-hydrogen) atoms. The maximum atomic E-state index is 13.3. The Morgan fingerprint density at radius 2 is 1.84 bits per heavy atom. The van der Waals surface area contributed by atoms with Gasteiger partial charge in [0, 0.05) is 29.7 Å². The minimum Gasteiger partial charge on any atom is -0.314 e. The molecule has 1 aliphatic rings. The molecule has 2 rings (SSSR count). The van der Waals surface area contributed by atoms with Crippen LogP contribution < -0.4 is 5.32 Å². The minimum atomic E-state index is -4.23. The largest absolute Gasteiger partial charge is 0.408 e. The lowest BCUT2D eigenvalue weighted by Crippen LogP contribution is -2.49. The van der Waals surface area contributed by atoms with Crippen molar-refractivity contribution in [2.75, 3.05) is 26.2 Å². The third-order valence-corrected chi connectivity index (χ3v) is 3.66. The third-order valence-electron chi connectivity index (χ3n) is 2.99. The second-order valence-corrected chi connectivity index (χ2v) is 5.53. The topological polar surface area (TPSA) is 15.3 Å². The summed E-state index contributed by atoms with van der Waals surface area (Å²) in [6.07, 6.45) is -4.23. The normalized spacial score (nSPS) is 18.7. The van der Waals surface area contributed by atoms with Crippen molar-refractivity contribution in [2.45, 2.75) is 12.2 Å². The SMILES string of the molecule is Cl.FC(F)(F)[C@@H](c1cccc(I)c1)N1CCNCC1. The summed E-state index contributed by atoms with van der Waals surface area (Å²) in [7, 11) is 0. The Balaban J connectivity index is 0.00000180. The van der Waals surface area contributed by atoms with Crippen molar-refractivity contribution in [3.63, 3.8) is 0 Å². The van der Waals surface area contributed by atoms with Crippen LogP contribution in [0.1, 0.15) is 11.6 Å². The maximum Gasteiger partial charge on any atom is 0.408 e. The van der Waals surface area contributed by atoms with E-state index in [0.29, 0.717) is 31.7 Å². The molecule has 0 saturated carbocycles.